The fraction of sp³-hybridized carbons (Fsp3) is 0.750. The smallest absolute Gasteiger partial charge is 0.250 e. The van der Waals surface area contributed by atoms with Crippen molar-refractivity contribution in [3.63, 3.8) is 0 Å². The zero-order chi connectivity index (χ0) is 26.9. The molecule has 1 aromatic carbocycles. The number of ether oxygens (including phenoxy) is 1. The Morgan fingerprint density at radius 1 is 1.06 bits per heavy atom. The number of benzene rings is 1. The molecule has 0 amide bonds. The molecule has 3 nitrogen and oxygen atoms in total. The molecule has 0 fully saturated rings. The standard InChI is InChI=1S/C32H54O3Si/c1-11-13-14-15-19-32(33,18-12-2)24-21-27-29(28(22-24)35-36(9,10)30(4,5)6)25-20-23(3)16-17-26(25)31(7,8)34-27/h16,21-22,25-26,33H,11-15,17-20H2,1-10H3/t25-,26-,32?/m1/s1. The molecule has 204 valence electrons. The zero-order valence-corrected chi connectivity index (χ0v) is 26.0. The average Bonchev–Trinajstić information content (AvgIpc) is 2.75. The summed E-state index contributed by atoms with van der Waals surface area (Å²) in [7, 11) is -2.10. The van der Waals surface area contributed by atoms with Crippen LogP contribution in [0.4, 0.5) is 0 Å². The minimum Gasteiger partial charge on any atom is -0.543 e. The minimum absolute atomic E-state index is 0.0896. The van der Waals surface area contributed by atoms with Crippen LogP contribution in [0, 0.1) is 5.92 Å². The Bertz CT molecular complexity index is 939. The van der Waals surface area contributed by atoms with Crippen LogP contribution in [0.1, 0.15) is 130 Å². The Balaban J connectivity index is 2.17. The summed E-state index contributed by atoms with van der Waals surface area (Å²) < 4.78 is 13.9. The van der Waals surface area contributed by atoms with Crippen molar-refractivity contribution in [2.45, 2.75) is 148 Å². The maximum absolute atomic E-state index is 12.1. The average molecular weight is 515 g/mol. The highest BCUT2D eigenvalue weighted by molar-refractivity contribution is 6.74. The number of hydrogen-bond donors (Lipinski definition) is 1. The Kier molecular flexibility index (Phi) is 8.83. The molecule has 36 heavy (non-hydrogen) atoms. The van der Waals surface area contributed by atoms with Crippen molar-refractivity contribution in [1.82, 2.24) is 0 Å². The first kappa shape index (κ1) is 29.3. The maximum Gasteiger partial charge on any atom is 0.250 e. The fourth-order valence-corrected chi connectivity index (χ4v) is 7.02. The Morgan fingerprint density at radius 3 is 2.36 bits per heavy atom. The first-order valence-electron chi connectivity index (χ1n) is 14.6. The SMILES string of the molecule is CCCCCCC(O)(CCC)c1cc2c(c(O[Si](C)(C)C(C)(C)C)c1)[C@@H]1CC(C)=CC[C@H]1C(C)(C)O2. The van der Waals surface area contributed by atoms with E-state index in [1.807, 2.05) is 0 Å². The van der Waals surface area contributed by atoms with Gasteiger partial charge in [0.15, 0.2) is 0 Å². The number of fused-ring (bicyclic) bond motifs is 3. The molecule has 2 aliphatic rings. The Labute approximate surface area is 223 Å². The maximum atomic E-state index is 12.1. The lowest BCUT2D eigenvalue weighted by Crippen LogP contribution is -2.47. The predicted molar refractivity (Wildman–Crippen MR) is 156 cm³/mol. The number of aliphatic hydroxyl groups is 1. The van der Waals surface area contributed by atoms with Crippen LogP contribution in [0.5, 0.6) is 11.5 Å². The molecule has 1 aliphatic heterocycles. The van der Waals surface area contributed by atoms with Gasteiger partial charge in [-0.1, -0.05) is 78.4 Å². The van der Waals surface area contributed by atoms with Gasteiger partial charge in [-0.15, -0.1) is 0 Å². The van der Waals surface area contributed by atoms with Gasteiger partial charge >= 0.3 is 0 Å². The summed E-state index contributed by atoms with van der Waals surface area (Å²) in [6, 6.07) is 4.39. The van der Waals surface area contributed by atoms with Gasteiger partial charge in [-0.25, -0.2) is 0 Å². The van der Waals surface area contributed by atoms with Gasteiger partial charge < -0.3 is 14.3 Å². The second-order valence-corrected chi connectivity index (χ2v) is 18.5. The van der Waals surface area contributed by atoms with Crippen LogP contribution >= 0.6 is 0 Å². The molecule has 0 aromatic heterocycles. The highest BCUT2D eigenvalue weighted by Gasteiger charge is 2.48. The molecule has 3 rings (SSSR count). The van der Waals surface area contributed by atoms with Crippen molar-refractivity contribution in [2.24, 2.45) is 5.92 Å². The van der Waals surface area contributed by atoms with E-state index in [-0.39, 0.29) is 10.6 Å². The Hall–Kier alpha value is -1.26. The normalized spacial score (nSPS) is 23.1. The van der Waals surface area contributed by atoms with Crippen molar-refractivity contribution in [2.75, 3.05) is 0 Å². The fourth-order valence-electron chi connectivity index (χ4n) is 6.00. The van der Waals surface area contributed by atoms with Crippen LogP contribution < -0.4 is 9.16 Å². The molecule has 1 aliphatic carbocycles. The first-order valence-corrected chi connectivity index (χ1v) is 17.5. The molecule has 0 saturated heterocycles. The summed E-state index contributed by atoms with van der Waals surface area (Å²) in [6.07, 6.45) is 11.6. The van der Waals surface area contributed by atoms with Crippen molar-refractivity contribution in [1.29, 1.82) is 0 Å². The zero-order valence-electron chi connectivity index (χ0n) is 25.0. The molecule has 0 spiro atoms. The van der Waals surface area contributed by atoms with Crippen molar-refractivity contribution < 1.29 is 14.3 Å². The van der Waals surface area contributed by atoms with Crippen molar-refractivity contribution in [3.05, 3.63) is 34.9 Å². The van der Waals surface area contributed by atoms with Crippen LogP contribution in [0.2, 0.25) is 18.1 Å². The van der Waals surface area contributed by atoms with E-state index in [0.717, 1.165) is 55.6 Å². The van der Waals surface area contributed by atoms with E-state index < -0.39 is 13.9 Å². The van der Waals surface area contributed by atoms with Crippen molar-refractivity contribution in [3.8, 4) is 11.5 Å². The summed E-state index contributed by atoms with van der Waals surface area (Å²) in [5.41, 5.74) is 2.57. The van der Waals surface area contributed by atoms with Crippen LogP contribution in [-0.4, -0.2) is 19.0 Å². The van der Waals surface area contributed by atoms with Gasteiger partial charge in [-0.2, -0.15) is 0 Å². The quantitative estimate of drug-likeness (QED) is 0.192. The second kappa shape index (κ2) is 10.8. The summed E-state index contributed by atoms with van der Waals surface area (Å²) in [5, 5.41) is 12.2. The van der Waals surface area contributed by atoms with E-state index in [9.17, 15) is 5.11 Å². The molecule has 0 bridgehead atoms. The summed E-state index contributed by atoms with van der Waals surface area (Å²) in [6.45, 7) is 22.7. The largest absolute Gasteiger partial charge is 0.543 e. The highest BCUT2D eigenvalue weighted by atomic mass is 28.4. The predicted octanol–water partition coefficient (Wildman–Crippen LogP) is 9.64. The van der Waals surface area contributed by atoms with Gasteiger partial charge in [0.2, 0.25) is 8.32 Å². The number of hydrogen-bond acceptors (Lipinski definition) is 3. The van der Waals surface area contributed by atoms with Gasteiger partial charge in [-0.3, -0.25) is 0 Å². The number of unbranched alkanes of at least 4 members (excludes halogenated alkanes) is 3. The van der Waals surface area contributed by atoms with Gasteiger partial charge in [0.25, 0.3) is 0 Å². The molecule has 1 unspecified atom stereocenters. The molecule has 0 saturated carbocycles. The molecule has 1 aromatic rings. The first-order chi connectivity index (χ1) is 16.6. The molecule has 1 N–H and O–H groups in total. The van der Waals surface area contributed by atoms with E-state index in [1.165, 1.54) is 30.4 Å². The monoisotopic (exact) mass is 514 g/mol. The van der Waals surface area contributed by atoms with Crippen LogP contribution in [0.3, 0.4) is 0 Å². The van der Waals surface area contributed by atoms with Crippen LogP contribution in [0.25, 0.3) is 0 Å². The van der Waals surface area contributed by atoms with Crippen molar-refractivity contribution >= 4 is 8.32 Å². The molecule has 0 radical (unpaired) electrons. The summed E-state index contributed by atoms with van der Waals surface area (Å²) in [5.74, 6) is 2.71. The van der Waals surface area contributed by atoms with Gasteiger partial charge in [0.05, 0.1) is 5.60 Å². The number of allylic oxidation sites excluding steroid dienone is 2. The van der Waals surface area contributed by atoms with E-state index in [4.69, 9.17) is 9.16 Å². The topological polar surface area (TPSA) is 38.7 Å². The minimum atomic E-state index is -2.10. The third-order valence-corrected chi connectivity index (χ3v) is 13.6. The lowest BCUT2D eigenvalue weighted by Gasteiger charge is -2.48. The molecule has 1 heterocycles. The lowest BCUT2D eigenvalue weighted by molar-refractivity contribution is 0.00230. The van der Waals surface area contributed by atoms with E-state index in [1.54, 1.807) is 0 Å². The van der Waals surface area contributed by atoms with Gasteiger partial charge in [-0.05, 0) is 82.3 Å². The molecule has 4 heteroatoms. The van der Waals surface area contributed by atoms with Crippen LogP contribution in [-0.2, 0) is 5.60 Å². The third kappa shape index (κ3) is 6.06. The summed E-state index contributed by atoms with van der Waals surface area (Å²) >= 11 is 0. The second-order valence-electron chi connectivity index (χ2n) is 13.7. The van der Waals surface area contributed by atoms with Gasteiger partial charge in [0.1, 0.15) is 17.1 Å². The highest BCUT2D eigenvalue weighted by Crippen LogP contribution is 2.56. The molecular weight excluding hydrogens is 460 g/mol. The van der Waals surface area contributed by atoms with E-state index in [0.29, 0.717) is 11.8 Å². The summed E-state index contributed by atoms with van der Waals surface area (Å²) in [4.78, 5) is 0. The molecular formula is C32H54O3Si. The third-order valence-electron chi connectivity index (χ3n) is 9.30. The van der Waals surface area contributed by atoms with E-state index in [2.05, 4.69) is 86.7 Å². The molecule has 3 atom stereocenters. The van der Waals surface area contributed by atoms with Gasteiger partial charge in [0, 0.05) is 17.4 Å². The lowest BCUT2D eigenvalue weighted by atomic mass is 9.67. The Morgan fingerprint density at radius 2 is 1.75 bits per heavy atom. The van der Waals surface area contributed by atoms with Crippen LogP contribution in [0.15, 0.2) is 23.8 Å². The number of rotatable bonds is 10. The van der Waals surface area contributed by atoms with E-state index >= 15 is 0 Å².